The van der Waals surface area contributed by atoms with Gasteiger partial charge in [0.15, 0.2) is 0 Å². The molecule has 0 unspecified atom stereocenters. The average Bonchev–Trinajstić information content (AvgIpc) is 2.90. The number of rotatable bonds is 2. The topological polar surface area (TPSA) is 74.2 Å². The molecule has 1 aliphatic rings. The van der Waals surface area contributed by atoms with Crippen LogP contribution in [0.25, 0.3) is 11.4 Å². The third-order valence-corrected chi connectivity index (χ3v) is 3.47. The second kappa shape index (κ2) is 4.31. The molecule has 0 saturated heterocycles. The molecule has 0 saturated carbocycles. The SMILES string of the molecule is CC1(C)Cc2cc(Br)cc(-c3noc(CN)n3)c2O1. The molecule has 0 amide bonds. The first kappa shape index (κ1) is 12.6. The van der Waals surface area contributed by atoms with Gasteiger partial charge in [0.1, 0.15) is 11.4 Å². The van der Waals surface area contributed by atoms with Crippen LogP contribution in [-0.2, 0) is 13.0 Å². The van der Waals surface area contributed by atoms with E-state index in [1.54, 1.807) is 0 Å². The summed E-state index contributed by atoms with van der Waals surface area (Å²) in [7, 11) is 0. The number of benzene rings is 1. The Morgan fingerprint density at radius 3 is 2.89 bits per heavy atom. The molecule has 19 heavy (non-hydrogen) atoms. The first-order valence-electron chi connectivity index (χ1n) is 6.03. The lowest BCUT2D eigenvalue weighted by Crippen LogP contribution is -2.24. The van der Waals surface area contributed by atoms with Gasteiger partial charge in [0, 0.05) is 10.9 Å². The van der Waals surface area contributed by atoms with Crippen molar-refractivity contribution in [2.45, 2.75) is 32.4 Å². The van der Waals surface area contributed by atoms with Crippen LogP contribution in [0.3, 0.4) is 0 Å². The lowest BCUT2D eigenvalue weighted by molar-refractivity contribution is 0.139. The highest BCUT2D eigenvalue weighted by Gasteiger charge is 2.33. The van der Waals surface area contributed by atoms with Gasteiger partial charge in [-0.25, -0.2) is 0 Å². The predicted octanol–water partition coefficient (Wildman–Crippen LogP) is 2.67. The van der Waals surface area contributed by atoms with E-state index in [-0.39, 0.29) is 12.1 Å². The van der Waals surface area contributed by atoms with E-state index in [0.29, 0.717) is 11.7 Å². The third kappa shape index (κ3) is 2.26. The smallest absolute Gasteiger partial charge is 0.240 e. The van der Waals surface area contributed by atoms with Gasteiger partial charge in [-0.15, -0.1) is 0 Å². The van der Waals surface area contributed by atoms with Crippen LogP contribution in [0.5, 0.6) is 5.75 Å². The molecule has 6 heteroatoms. The van der Waals surface area contributed by atoms with Crippen LogP contribution in [0.1, 0.15) is 25.3 Å². The van der Waals surface area contributed by atoms with Crippen molar-refractivity contribution in [3.05, 3.63) is 28.1 Å². The average molecular weight is 324 g/mol. The molecule has 0 radical (unpaired) electrons. The molecule has 5 nitrogen and oxygen atoms in total. The molecule has 1 aromatic carbocycles. The lowest BCUT2D eigenvalue weighted by Gasteiger charge is -2.17. The Morgan fingerprint density at radius 2 is 2.21 bits per heavy atom. The van der Waals surface area contributed by atoms with Crippen molar-refractivity contribution in [1.82, 2.24) is 10.1 Å². The van der Waals surface area contributed by atoms with Gasteiger partial charge >= 0.3 is 0 Å². The predicted molar refractivity (Wildman–Crippen MR) is 73.7 cm³/mol. The second-order valence-electron chi connectivity index (χ2n) is 5.20. The van der Waals surface area contributed by atoms with Gasteiger partial charge in [-0.2, -0.15) is 4.98 Å². The van der Waals surface area contributed by atoms with Crippen molar-refractivity contribution in [3.63, 3.8) is 0 Å². The van der Waals surface area contributed by atoms with Crippen molar-refractivity contribution in [2.75, 3.05) is 0 Å². The molecule has 2 N–H and O–H groups in total. The Kier molecular flexibility index (Phi) is 2.87. The number of halogens is 1. The highest BCUT2D eigenvalue weighted by atomic mass is 79.9. The highest BCUT2D eigenvalue weighted by molar-refractivity contribution is 9.10. The number of fused-ring (bicyclic) bond motifs is 1. The minimum Gasteiger partial charge on any atom is -0.486 e. The van der Waals surface area contributed by atoms with E-state index in [4.69, 9.17) is 15.0 Å². The summed E-state index contributed by atoms with van der Waals surface area (Å²) in [6.07, 6.45) is 0.858. The largest absolute Gasteiger partial charge is 0.486 e. The summed E-state index contributed by atoms with van der Waals surface area (Å²) in [4.78, 5) is 4.26. The summed E-state index contributed by atoms with van der Waals surface area (Å²) >= 11 is 3.51. The van der Waals surface area contributed by atoms with Gasteiger partial charge in [0.2, 0.25) is 11.7 Å². The quantitative estimate of drug-likeness (QED) is 0.919. The van der Waals surface area contributed by atoms with Gasteiger partial charge in [-0.1, -0.05) is 21.1 Å². The molecular weight excluding hydrogens is 310 g/mol. The molecule has 0 atom stereocenters. The molecule has 0 spiro atoms. The molecule has 100 valence electrons. The first-order valence-corrected chi connectivity index (χ1v) is 6.82. The van der Waals surface area contributed by atoms with Crippen LogP contribution in [0.2, 0.25) is 0 Å². The van der Waals surface area contributed by atoms with E-state index in [9.17, 15) is 0 Å². The molecule has 0 bridgehead atoms. The number of nitrogens with two attached hydrogens (primary N) is 1. The minimum atomic E-state index is -0.210. The van der Waals surface area contributed by atoms with E-state index in [0.717, 1.165) is 27.8 Å². The fourth-order valence-electron chi connectivity index (χ4n) is 2.29. The standard InChI is InChI=1S/C13H14BrN3O2/c1-13(2)5-7-3-8(14)4-9(11(7)18-13)12-16-10(6-15)19-17-12/h3-4H,5-6,15H2,1-2H3. The molecule has 0 aliphatic carbocycles. The first-order chi connectivity index (χ1) is 8.98. The van der Waals surface area contributed by atoms with Crippen LogP contribution in [-0.4, -0.2) is 15.7 Å². The molecular formula is C13H14BrN3O2. The summed E-state index contributed by atoms with van der Waals surface area (Å²) in [6.45, 7) is 4.36. The maximum atomic E-state index is 6.00. The molecule has 3 rings (SSSR count). The maximum Gasteiger partial charge on any atom is 0.240 e. The number of nitrogens with zero attached hydrogens (tertiary/aromatic N) is 2. The Bertz CT molecular complexity index is 637. The monoisotopic (exact) mass is 323 g/mol. The van der Waals surface area contributed by atoms with E-state index >= 15 is 0 Å². The zero-order valence-electron chi connectivity index (χ0n) is 10.7. The van der Waals surface area contributed by atoms with E-state index in [1.165, 1.54) is 0 Å². The van der Waals surface area contributed by atoms with E-state index in [2.05, 4.69) is 46.0 Å². The van der Waals surface area contributed by atoms with Gasteiger partial charge < -0.3 is 15.0 Å². The summed E-state index contributed by atoms with van der Waals surface area (Å²) in [6, 6.07) is 4.00. The fourth-order valence-corrected chi connectivity index (χ4v) is 2.79. The number of aromatic nitrogens is 2. The number of ether oxygens (including phenoxy) is 1. The minimum absolute atomic E-state index is 0.210. The van der Waals surface area contributed by atoms with E-state index < -0.39 is 0 Å². The van der Waals surface area contributed by atoms with E-state index in [1.807, 2.05) is 6.07 Å². The maximum absolute atomic E-state index is 6.00. The highest BCUT2D eigenvalue weighted by Crippen LogP contribution is 2.43. The Balaban J connectivity index is 2.13. The lowest BCUT2D eigenvalue weighted by atomic mass is 10.0. The van der Waals surface area contributed by atoms with Gasteiger partial charge in [0.05, 0.1) is 12.1 Å². The fraction of sp³-hybridized carbons (Fsp3) is 0.385. The summed E-state index contributed by atoms with van der Waals surface area (Å²) in [5, 5.41) is 3.96. The van der Waals surface area contributed by atoms with Crippen molar-refractivity contribution < 1.29 is 9.26 Å². The van der Waals surface area contributed by atoms with Crippen LogP contribution >= 0.6 is 15.9 Å². The third-order valence-electron chi connectivity index (χ3n) is 3.01. The molecule has 2 heterocycles. The van der Waals surface area contributed by atoms with Crippen molar-refractivity contribution in [3.8, 4) is 17.1 Å². The second-order valence-corrected chi connectivity index (χ2v) is 6.11. The molecule has 1 aromatic heterocycles. The van der Waals surface area contributed by atoms with Crippen LogP contribution in [0.15, 0.2) is 21.1 Å². The summed E-state index contributed by atoms with van der Waals surface area (Å²) in [5.74, 6) is 1.76. The normalized spacial score (nSPS) is 16.2. The van der Waals surface area contributed by atoms with Crippen LogP contribution in [0, 0.1) is 0 Å². The van der Waals surface area contributed by atoms with Crippen molar-refractivity contribution in [1.29, 1.82) is 0 Å². The summed E-state index contributed by atoms with van der Waals surface area (Å²) in [5.41, 5.74) is 7.26. The number of hydrogen-bond acceptors (Lipinski definition) is 5. The van der Waals surface area contributed by atoms with Gasteiger partial charge in [0.25, 0.3) is 0 Å². The zero-order valence-corrected chi connectivity index (χ0v) is 12.3. The molecule has 1 aliphatic heterocycles. The Morgan fingerprint density at radius 1 is 1.42 bits per heavy atom. The molecule has 2 aromatic rings. The molecule has 0 fully saturated rings. The Hall–Kier alpha value is -1.40. The van der Waals surface area contributed by atoms with Gasteiger partial charge in [-0.3, -0.25) is 0 Å². The van der Waals surface area contributed by atoms with Crippen molar-refractivity contribution >= 4 is 15.9 Å². The number of hydrogen-bond donors (Lipinski definition) is 1. The van der Waals surface area contributed by atoms with Crippen LogP contribution < -0.4 is 10.5 Å². The van der Waals surface area contributed by atoms with Crippen LogP contribution in [0.4, 0.5) is 0 Å². The van der Waals surface area contributed by atoms with Crippen molar-refractivity contribution in [2.24, 2.45) is 5.73 Å². The van der Waals surface area contributed by atoms with Gasteiger partial charge in [-0.05, 0) is 31.5 Å². The summed E-state index contributed by atoms with van der Waals surface area (Å²) < 4.78 is 12.0. The Labute approximate surface area is 119 Å². The zero-order chi connectivity index (χ0) is 13.6.